The fourth-order valence-corrected chi connectivity index (χ4v) is 1.72. The normalized spacial score (nSPS) is 33.0. The molecule has 0 spiro atoms. The average Bonchev–Trinajstić information content (AvgIpc) is 2.34. The molecule has 0 saturated carbocycles. The fourth-order valence-electron chi connectivity index (χ4n) is 1.72. The molecule has 0 aromatic heterocycles. The van der Waals surface area contributed by atoms with Crippen molar-refractivity contribution in [2.45, 2.75) is 18.4 Å². The lowest BCUT2D eigenvalue weighted by Crippen LogP contribution is -2.35. The zero-order chi connectivity index (χ0) is 8.32. The number of hydrogen-bond donors (Lipinski definition) is 1. The molecule has 0 aromatic carbocycles. The zero-order valence-corrected chi connectivity index (χ0v) is 7.34. The minimum atomic E-state index is -0.0660. The van der Waals surface area contributed by atoms with E-state index in [9.17, 15) is 0 Å². The van der Waals surface area contributed by atoms with Gasteiger partial charge in [-0.3, -0.25) is 0 Å². The number of rotatable bonds is 3. The van der Waals surface area contributed by atoms with Gasteiger partial charge in [0.2, 0.25) is 0 Å². The quantitative estimate of drug-likeness (QED) is 0.633. The van der Waals surface area contributed by atoms with E-state index in [-0.39, 0.29) is 12.2 Å². The summed E-state index contributed by atoms with van der Waals surface area (Å²) < 4.78 is 5.41. The van der Waals surface area contributed by atoms with Gasteiger partial charge in [-0.05, 0) is 13.5 Å². The van der Waals surface area contributed by atoms with E-state index in [0.717, 1.165) is 25.9 Å². The van der Waals surface area contributed by atoms with Crippen molar-refractivity contribution in [3.8, 4) is 0 Å². The maximum Gasteiger partial charge on any atom is 0.0838 e. The van der Waals surface area contributed by atoms with E-state index < -0.39 is 0 Å². The van der Waals surface area contributed by atoms with E-state index in [4.69, 9.17) is 9.84 Å². The van der Waals surface area contributed by atoms with Crippen LogP contribution in [0.25, 0.3) is 0 Å². The SMILES string of the molecule is COC1(CCO)CCN(C)C1. The first-order chi connectivity index (χ1) is 5.22. The maximum atomic E-state index is 8.81. The van der Waals surface area contributed by atoms with Crippen LogP contribution in [0.4, 0.5) is 0 Å². The molecule has 1 fully saturated rings. The highest BCUT2D eigenvalue weighted by atomic mass is 16.5. The predicted octanol–water partition coefficient (Wildman–Crippen LogP) is 0.0895. The number of ether oxygens (including phenoxy) is 1. The van der Waals surface area contributed by atoms with Crippen molar-refractivity contribution in [2.75, 3.05) is 33.9 Å². The Bertz CT molecular complexity index is 125. The maximum absolute atomic E-state index is 8.81. The van der Waals surface area contributed by atoms with Crippen LogP contribution in [0, 0.1) is 0 Å². The van der Waals surface area contributed by atoms with Crippen LogP contribution in [0.2, 0.25) is 0 Å². The van der Waals surface area contributed by atoms with Crippen molar-refractivity contribution >= 4 is 0 Å². The molecule has 3 heteroatoms. The zero-order valence-electron chi connectivity index (χ0n) is 7.34. The summed E-state index contributed by atoms with van der Waals surface area (Å²) in [6.07, 6.45) is 1.80. The van der Waals surface area contributed by atoms with E-state index in [1.54, 1.807) is 7.11 Å². The first kappa shape index (κ1) is 8.97. The second kappa shape index (κ2) is 3.52. The molecule has 1 unspecified atom stereocenters. The van der Waals surface area contributed by atoms with Crippen LogP contribution in [-0.2, 0) is 4.74 Å². The first-order valence-corrected chi connectivity index (χ1v) is 4.07. The van der Waals surface area contributed by atoms with Crippen LogP contribution in [-0.4, -0.2) is 49.5 Å². The average molecular weight is 159 g/mol. The Balaban J connectivity index is 2.48. The lowest BCUT2D eigenvalue weighted by Gasteiger charge is -2.26. The van der Waals surface area contributed by atoms with Gasteiger partial charge in [-0.1, -0.05) is 0 Å². The third kappa shape index (κ3) is 1.92. The summed E-state index contributed by atoms with van der Waals surface area (Å²) in [5.74, 6) is 0. The van der Waals surface area contributed by atoms with E-state index in [1.807, 2.05) is 0 Å². The lowest BCUT2D eigenvalue weighted by molar-refractivity contribution is -0.0178. The molecular formula is C8H17NO2. The summed E-state index contributed by atoms with van der Waals surface area (Å²) in [7, 11) is 3.81. The minimum absolute atomic E-state index is 0.0660. The number of likely N-dealkylation sites (N-methyl/N-ethyl adjacent to an activating group) is 1. The summed E-state index contributed by atoms with van der Waals surface area (Å²) >= 11 is 0. The summed E-state index contributed by atoms with van der Waals surface area (Å²) in [5, 5.41) is 8.81. The van der Waals surface area contributed by atoms with E-state index in [2.05, 4.69) is 11.9 Å². The highest BCUT2D eigenvalue weighted by Gasteiger charge is 2.35. The monoisotopic (exact) mass is 159 g/mol. The molecule has 1 rings (SSSR count). The van der Waals surface area contributed by atoms with E-state index in [0.29, 0.717) is 0 Å². The van der Waals surface area contributed by atoms with Crippen molar-refractivity contribution in [1.29, 1.82) is 0 Å². The van der Waals surface area contributed by atoms with Crippen molar-refractivity contribution < 1.29 is 9.84 Å². The van der Waals surface area contributed by atoms with Crippen LogP contribution in [0.15, 0.2) is 0 Å². The molecule has 11 heavy (non-hydrogen) atoms. The van der Waals surface area contributed by atoms with Gasteiger partial charge in [0.05, 0.1) is 5.60 Å². The molecule has 0 amide bonds. The van der Waals surface area contributed by atoms with Crippen LogP contribution in [0.1, 0.15) is 12.8 Å². The van der Waals surface area contributed by atoms with Crippen LogP contribution >= 0.6 is 0 Å². The Labute approximate surface area is 68.0 Å². The van der Waals surface area contributed by atoms with Gasteiger partial charge < -0.3 is 14.7 Å². The molecule has 1 atom stereocenters. The first-order valence-electron chi connectivity index (χ1n) is 4.07. The second-order valence-corrected chi connectivity index (χ2v) is 3.35. The van der Waals surface area contributed by atoms with Gasteiger partial charge in [0.25, 0.3) is 0 Å². The van der Waals surface area contributed by atoms with Crippen molar-refractivity contribution in [2.24, 2.45) is 0 Å². The Morgan fingerprint density at radius 2 is 2.36 bits per heavy atom. The molecule has 0 aromatic rings. The molecule has 66 valence electrons. The number of aliphatic hydroxyl groups is 1. The molecule has 1 aliphatic heterocycles. The minimum Gasteiger partial charge on any atom is -0.396 e. The third-order valence-electron chi connectivity index (χ3n) is 2.51. The summed E-state index contributed by atoms with van der Waals surface area (Å²) in [5.41, 5.74) is -0.0660. The van der Waals surface area contributed by atoms with Gasteiger partial charge in [-0.25, -0.2) is 0 Å². The molecule has 1 N–H and O–H groups in total. The number of aliphatic hydroxyl groups excluding tert-OH is 1. The van der Waals surface area contributed by atoms with Crippen molar-refractivity contribution in [3.05, 3.63) is 0 Å². The predicted molar refractivity (Wildman–Crippen MR) is 43.6 cm³/mol. The van der Waals surface area contributed by atoms with Gasteiger partial charge >= 0.3 is 0 Å². The highest BCUT2D eigenvalue weighted by molar-refractivity contribution is 4.89. The van der Waals surface area contributed by atoms with Crippen molar-refractivity contribution in [1.82, 2.24) is 4.90 Å². The standard InChI is InChI=1S/C8H17NO2/c1-9-5-3-8(7-9,11-2)4-6-10/h10H,3-7H2,1-2H3. The van der Waals surface area contributed by atoms with Gasteiger partial charge in [0.1, 0.15) is 0 Å². The second-order valence-electron chi connectivity index (χ2n) is 3.35. The van der Waals surface area contributed by atoms with Crippen LogP contribution < -0.4 is 0 Å². The Morgan fingerprint density at radius 1 is 1.64 bits per heavy atom. The summed E-state index contributed by atoms with van der Waals surface area (Å²) in [6, 6.07) is 0. The molecule has 0 radical (unpaired) electrons. The largest absolute Gasteiger partial charge is 0.396 e. The molecular weight excluding hydrogens is 142 g/mol. The van der Waals surface area contributed by atoms with Crippen LogP contribution in [0.3, 0.4) is 0 Å². The molecule has 0 bridgehead atoms. The molecule has 1 aliphatic rings. The van der Waals surface area contributed by atoms with E-state index >= 15 is 0 Å². The fraction of sp³-hybridized carbons (Fsp3) is 1.00. The molecule has 1 heterocycles. The number of nitrogens with zero attached hydrogens (tertiary/aromatic N) is 1. The van der Waals surface area contributed by atoms with E-state index in [1.165, 1.54) is 0 Å². The topological polar surface area (TPSA) is 32.7 Å². The number of methoxy groups -OCH3 is 1. The summed E-state index contributed by atoms with van der Waals surface area (Å²) in [4.78, 5) is 2.24. The third-order valence-corrected chi connectivity index (χ3v) is 2.51. The summed E-state index contributed by atoms with van der Waals surface area (Å²) in [6.45, 7) is 2.25. The molecule has 1 saturated heterocycles. The Kier molecular flexibility index (Phi) is 2.87. The van der Waals surface area contributed by atoms with Gasteiger partial charge in [0, 0.05) is 33.2 Å². The molecule has 0 aliphatic carbocycles. The van der Waals surface area contributed by atoms with Gasteiger partial charge in [-0.2, -0.15) is 0 Å². The van der Waals surface area contributed by atoms with Crippen molar-refractivity contribution in [3.63, 3.8) is 0 Å². The Morgan fingerprint density at radius 3 is 2.73 bits per heavy atom. The number of hydrogen-bond acceptors (Lipinski definition) is 3. The molecule has 3 nitrogen and oxygen atoms in total. The van der Waals surface area contributed by atoms with Gasteiger partial charge in [0.15, 0.2) is 0 Å². The lowest BCUT2D eigenvalue weighted by atomic mass is 9.99. The number of likely N-dealkylation sites (tertiary alicyclic amines) is 1. The smallest absolute Gasteiger partial charge is 0.0838 e. The Hall–Kier alpha value is -0.120. The van der Waals surface area contributed by atoms with Crippen LogP contribution in [0.5, 0.6) is 0 Å². The van der Waals surface area contributed by atoms with Gasteiger partial charge in [-0.15, -0.1) is 0 Å². The highest BCUT2D eigenvalue weighted by Crippen LogP contribution is 2.26.